The average molecular weight is 485 g/mol. The first-order valence-corrected chi connectivity index (χ1v) is 13.2. The number of nitrogens with one attached hydrogen (secondary N) is 1. The van der Waals surface area contributed by atoms with Crippen LogP contribution in [0.25, 0.3) is 16.8 Å². The first kappa shape index (κ1) is 22.6. The molecule has 11 heteroatoms. The van der Waals surface area contributed by atoms with Gasteiger partial charge in [0.1, 0.15) is 17.4 Å². The maximum absolute atomic E-state index is 11.7. The molecule has 10 nitrogen and oxygen atoms in total. The van der Waals surface area contributed by atoms with Gasteiger partial charge in [-0.3, -0.25) is 9.78 Å². The molecular weight excluding hydrogens is 456 g/mol. The third-order valence-corrected chi connectivity index (χ3v) is 7.88. The fourth-order valence-corrected chi connectivity index (χ4v) is 5.34. The standard InChI is InChI=1S/C23H28N6O4S/c1-16(17-12-23(30)25-13-17)33-22-11-18(15-29-21(22)5-6-26-29)20-4-3-19(14-24-20)27-7-9-28(10-8-27)34(2,31)32/h3-6,11,14-17H,7-10,12-13H2,1-2H3,(H,25,30)/t16-,17?/m1/s1. The Morgan fingerprint density at radius 1 is 1.18 bits per heavy atom. The Morgan fingerprint density at radius 3 is 2.62 bits per heavy atom. The largest absolute Gasteiger partial charge is 0.488 e. The molecule has 0 aromatic carbocycles. The summed E-state index contributed by atoms with van der Waals surface area (Å²) >= 11 is 0. The van der Waals surface area contributed by atoms with Crippen LogP contribution in [0, 0.1) is 5.92 Å². The van der Waals surface area contributed by atoms with E-state index >= 15 is 0 Å². The van der Waals surface area contributed by atoms with E-state index in [0.29, 0.717) is 44.9 Å². The van der Waals surface area contributed by atoms with Gasteiger partial charge in [0.05, 0.1) is 30.0 Å². The number of hydrogen-bond acceptors (Lipinski definition) is 7. The van der Waals surface area contributed by atoms with Gasteiger partial charge in [-0.15, -0.1) is 0 Å². The van der Waals surface area contributed by atoms with Crippen LogP contribution in [0.3, 0.4) is 0 Å². The van der Waals surface area contributed by atoms with Crippen LogP contribution in [0.1, 0.15) is 13.3 Å². The number of hydrogen-bond donors (Lipinski definition) is 1. The predicted octanol–water partition coefficient (Wildman–Crippen LogP) is 1.38. The van der Waals surface area contributed by atoms with Gasteiger partial charge in [0.2, 0.25) is 15.9 Å². The Labute approximate surface area is 198 Å². The highest BCUT2D eigenvalue weighted by atomic mass is 32.2. The van der Waals surface area contributed by atoms with Crippen LogP contribution in [-0.2, 0) is 14.8 Å². The van der Waals surface area contributed by atoms with Crippen molar-refractivity contribution in [3.63, 3.8) is 0 Å². The van der Waals surface area contributed by atoms with E-state index in [1.165, 1.54) is 10.6 Å². The van der Waals surface area contributed by atoms with Crippen LogP contribution < -0.4 is 15.0 Å². The van der Waals surface area contributed by atoms with Crippen LogP contribution in [0.15, 0.2) is 42.9 Å². The average Bonchev–Trinajstić information content (AvgIpc) is 3.48. The van der Waals surface area contributed by atoms with E-state index in [1.54, 1.807) is 10.7 Å². The zero-order valence-corrected chi connectivity index (χ0v) is 20.0. The number of carbonyl (C=O) groups is 1. The maximum atomic E-state index is 11.7. The van der Waals surface area contributed by atoms with Crippen LogP contribution in [0.2, 0.25) is 0 Å². The lowest BCUT2D eigenvalue weighted by Gasteiger charge is -2.34. The highest BCUT2D eigenvalue weighted by molar-refractivity contribution is 7.88. The number of fused-ring (bicyclic) bond motifs is 1. The van der Waals surface area contributed by atoms with E-state index < -0.39 is 10.0 Å². The molecule has 3 aromatic rings. The van der Waals surface area contributed by atoms with Crippen molar-refractivity contribution < 1.29 is 17.9 Å². The number of nitrogens with zero attached hydrogens (tertiary/aromatic N) is 5. The Bertz CT molecular complexity index is 1300. The van der Waals surface area contributed by atoms with E-state index in [2.05, 4.69) is 20.3 Å². The molecule has 1 amide bonds. The summed E-state index contributed by atoms with van der Waals surface area (Å²) in [4.78, 5) is 18.4. The lowest BCUT2D eigenvalue weighted by atomic mass is 10.0. The van der Waals surface area contributed by atoms with Gasteiger partial charge < -0.3 is 15.0 Å². The van der Waals surface area contributed by atoms with Crippen molar-refractivity contribution in [3.05, 3.63) is 42.9 Å². The normalized spacial score (nSPS) is 20.5. The number of anilines is 1. The summed E-state index contributed by atoms with van der Waals surface area (Å²) in [5.74, 6) is 0.884. The highest BCUT2D eigenvalue weighted by Crippen LogP contribution is 2.30. The fraction of sp³-hybridized carbons (Fsp3) is 0.435. The molecule has 1 unspecified atom stereocenters. The molecule has 5 heterocycles. The minimum absolute atomic E-state index is 0.0609. The molecule has 3 aromatic heterocycles. The van der Waals surface area contributed by atoms with Crippen molar-refractivity contribution in [3.8, 4) is 17.0 Å². The molecule has 0 spiro atoms. The van der Waals surface area contributed by atoms with Gasteiger partial charge in [-0.25, -0.2) is 12.9 Å². The highest BCUT2D eigenvalue weighted by Gasteiger charge is 2.28. The number of amides is 1. The minimum atomic E-state index is -3.16. The SMILES string of the molecule is C[C@@H](Oc1cc(-c2ccc(N3CCN(S(C)(=O)=O)CC3)cn2)cn2nccc12)C1CNC(=O)C1. The monoisotopic (exact) mass is 484 g/mol. The van der Waals surface area contributed by atoms with Crippen molar-refractivity contribution in [2.45, 2.75) is 19.4 Å². The van der Waals surface area contributed by atoms with Gasteiger partial charge in [0, 0.05) is 56.8 Å². The molecule has 34 heavy (non-hydrogen) atoms. The second-order valence-electron chi connectivity index (χ2n) is 8.90. The van der Waals surface area contributed by atoms with Crippen LogP contribution in [0.4, 0.5) is 5.69 Å². The number of sulfonamides is 1. The molecule has 0 bridgehead atoms. The number of piperazine rings is 1. The molecule has 0 aliphatic carbocycles. The maximum Gasteiger partial charge on any atom is 0.220 e. The quantitative estimate of drug-likeness (QED) is 0.563. The van der Waals surface area contributed by atoms with Crippen LogP contribution >= 0.6 is 0 Å². The van der Waals surface area contributed by atoms with E-state index in [0.717, 1.165) is 22.5 Å². The summed E-state index contributed by atoms with van der Waals surface area (Å²) < 4.78 is 33.1. The summed E-state index contributed by atoms with van der Waals surface area (Å²) in [5, 5.41) is 7.25. The Kier molecular flexibility index (Phi) is 5.90. The molecule has 2 aliphatic rings. The molecule has 180 valence electrons. The van der Waals surface area contributed by atoms with Crippen molar-refractivity contribution in [1.29, 1.82) is 0 Å². The zero-order valence-electron chi connectivity index (χ0n) is 19.2. The first-order chi connectivity index (χ1) is 16.3. The van der Waals surface area contributed by atoms with Crippen molar-refractivity contribution in [2.24, 2.45) is 5.92 Å². The van der Waals surface area contributed by atoms with E-state index in [1.807, 2.05) is 43.6 Å². The number of ether oxygens (including phenoxy) is 1. The molecule has 1 N–H and O–H groups in total. The first-order valence-electron chi connectivity index (χ1n) is 11.4. The van der Waals surface area contributed by atoms with Crippen molar-refractivity contribution >= 4 is 27.1 Å². The summed E-state index contributed by atoms with van der Waals surface area (Å²) in [7, 11) is -3.16. The number of aromatic nitrogens is 3. The Balaban J connectivity index is 1.35. The van der Waals surface area contributed by atoms with Gasteiger partial charge in [-0.05, 0) is 31.2 Å². The summed E-state index contributed by atoms with van der Waals surface area (Å²) in [5.41, 5.74) is 3.47. The Morgan fingerprint density at radius 2 is 1.97 bits per heavy atom. The number of rotatable bonds is 6. The van der Waals surface area contributed by atoms with Crippen LogP contribution in [0.5, 0.6) is 5.75 Å². The van der Waals surface area contributed by atoms with Gasteiger partial charge >= 0.3 is 0 Å². The van der Waals surface area contributed by atoms with E-state index in [9.17, 15) is 13.2 Å². The molecule has 2 atom stereocenters. The molecule has 2 aliphatic heterocycles. The third kappa shape index (κ3) is 4.58. The summed E-state index contributed by atoms with van der Waals surface area (Å²) in [6, 6.07) is 7.82. The molecule has 5 rings (SSSR count). The van der Waals surface area contributed by atoms with Gasteiger partial charge in [0.15, 0.2) is 0 Å². The van der Waals surface area contributed by atoms with Gasteiger partial charge in [0.25, 0.3) is 0 Å². The molecule has 0 radical (unpaired) electrons. The minimum Gasteiger partial charge on any atom is -0.488 e. The van der Waals surface area contributed by atoms with E-state index in [-0.39, 0.29) is 17.9 Å². The van der Waals surface area contributed by atoms with E-state index in [4.69, 9.17) is 4.74 Å². The molecular formula is C23H28N6O4S. The smallest absolute Gasteiger partial charge is 0.220 e. The third-order valence-electron chi connectivity index (χ3n) is 6.57. The topological polar surface area (TPSA) is 109 Å². The molecule has 2 saturated heterocycles. The summed E-state index contributed by atoms with van der Waals surface area (Å²) in [6.45, 7) is 4.80. The Hall–Kier alpha value is -3.18. The predicted molar refractivity (Wildman–Crippen MR) is 128 cm³/mol. The molecule has 0 saturated carbocycles. The van der Waals surface area contributed by atoms with Gasteiger partial charge in [-0.2, -0.15) is 9.40 Å². The lowest BCUT2D eigenvalue weighted by Crippen LogP contribution is -2.48. The number of carbonyl (C=O) groups excluding carboxylic acids is 1. The zero-order chi connectivity index (χ0) is 23.9. The second-order valence-corrected chi connectivity index (χ2v) is 10.9. The van der Waals surface area contributed by atoms with Crippen molar-refractivity contribution in [1.82, 2.24) is 24.2 Å². The fourth-order valence-electron chi connectivity index (χ4n) is 4.51. The number of pyridine rings is 2. The van der Waals surface area contributed by atoms with Crippen LogP contribution in [-0.4, -0.2) is 78.3 Å². The molecule has 2 fully saturated rings. The summed E-state index contributed by atoms with van der Waals surface area (Å²) in [6.07, 6.45) is 7.05. The van der Waals surface area contributed by atoms with Crippen molar-refractivity contribution in [2.75, 3.05) is 43.9 Å². The lowest BCUT2D eigenvalue weighted by molar-refractivity contribution is -0.119. The second kappa shape index (κ2) is 8.88. The van der Waals surface area contributed by atoms with Gasteiger partial charge in [-0.1, -0.05) is 0 Å².